The number of nitrogens with two attached hydrogens (primary N) is 1. The number of aromatic nitrogens is 4. The Morgan fingerprint density at radius 1 is 1.35 bits per heavy atom. The van der Waals surface area contributed by atoms with Crippen LogP contribution in [0.15, 0.2) is 24.5 Å². The second-order valence-electron chi connectivity index (χ2n) is 6.53. The van der Waals surface area contributed by atoms with Gasteiger partial charge in [0, 0.05) is 18.5 Å². The van der Waals surface area contributed by atoms with Crippen LogP contribution >= 0.6 is 11.3 Å². The molecule has 8 heteroatoms. The number of hydrogen-bond acceptors (Lipinski definition) is 7. The fourth-order valence-electron chi connectivity index (χ4n) is 3.05. The van der Waals surface area contributed by atoms with E-state index in [4.69, 9.17) is 10.7 Å². The average Bonchev–Trinajstić information content (AvgIpc) is 3.19. The molecule has 4 N–H and O–H groups in total. The van der Waals surface area contributed by atoms with Crippen LogP contribution in [0.2, 0.25) is 0 Å². The van der Waals surface area contributed by atoms with Gasteiger partial charge in [0.25, 0.3) is 0 Å². The molecule has 130 valence electrons. The zero-order valence-corrected chi connectivity index (χ0v) is 14.9. The molecule has 7 nitrogen and oxygen atoms in total. The summed E-state index contributed by atoms with van der Waals surface area (Å²) >= 11 is 1.32. The molecule has 4 aromatic rings. The number of benzene rings is 1. The fraction of sp³-hybridized carbons (Fsp3) is 0.222. The number of nitrogens with one attached hydrogen (secondary N) is 2. The predicted molar refractivity (Wildman–Crippen MR) is 104 cm³/mol. The summed E-state index contributed by atoms with van der Waals surface area (Å²) in [7, 11) is 0. The number of thiophene rings is 1. The molecule has 0 bridgehead atoms. The van der Waals surface area contributed by atoms with Crippen LogP contribution in [0.3, 0.4) is 0 Å². The SMILES string of the molecule is CC(=O)c1sc2nc(NC3CC3)nc(-c3ccc4nc[nH]c4c3)c2c1N. The Labute approximate surface area is 152 Å². The van der Waals surface area contributed by atoms with Gasteiger partial charge in [-0.15, -0.1) is 11.3 Å². The minimum atomic E-state index is -0.0582. The summed E-state index contributed by atoms with van der Waals surface area (Å²) in [5, 5.41) is 4.08. The van der Waals surface area contributed by atoms with Crippen LogP contribution in [0.4, 0.5) is 11.6 Å². The maximum atomic E-state index is 11.9. The minimum Gasteiger partial charge on any atom is -0.397 e. The van der Waals surface area contributed by atoms with Crippen molar-refractivity contribution in [3.8, 4) is 11.3 Å². The van der Waals surface area contributed by atoms with Gasteiger partial charge in [0.1, 0.15) is 4.83 Å². The summed E-state index contributed by atoms with van der Waals surface area (Å²) < 4.78 is 0. The van der Waals surface area contributed by atoms with Gasteiger partial charge in [-0.2, -0.15) is 0 Å². The van der Waals surface area contributed by atoms with Gasteiger partial charge >= 0.3 is 0 Å². The van der Waals surface area contributed by atoms with Crippen LogP contribution in [-0.4, -0.2) is 31.8 Å². The van der Waals surface area contributed by atoms with E-state index in [0.29, 0.717) is 22.6 Å². The molecule has 0 spiro atoms. The zero-order valence-electron chi connectivity index (χ0n) is 14.0. The Morgan fingerprint density at radius 2 is 2.19 bits per heavy atom. The molecule has 5 rings (SSSR count). The van der Waals surface area contributed by atoms with Crippen molar-refractivity contribution < 1.29 is 4.79 Å². The van der Waals surface area contributed by atoms with Gasteiger partial charge in [-0.05, 0) is 25.0 Å². The highest BCUT2D eigenvalue weighted by Gasteiger charge is 2.25. The number of hydrogen-bond donors (Lipinski definition) is 3. The number of ketones is 1. The van der Waals surface area contributed by atoms with Crippen molar-refractivity contribution in [3.63, 3.8) is 0 Å². The zero-order chi connectivity index (χ0) is 17.8. The summed E-state index contributed by atoms with van der Waals surface area (Å²) in [6, 6.07) is 6.34. The van der Waals surface area contributed by atoms with E-state index in [2.05, 4.69) is 20.3 Å². The van der Waals surface area contributed by atoms with Crippen molar-refractivity contribution >= 4 is 50.0 Å². The molecule has 1 fully saturated rings. The molecular weight excluding hydrogens is 348 g/mol. The normalized spacial score (nSPS) is 14.2. The highest BCUT2D eigenvalue weighted by Crippen LogP contribution is 2.40. The lowest BCUT2D eigenvalue weighted by Crippen LogP contribution is -2.06. The molecule has 0 radical (unpaired) electrons. The number of nitrogen functional groups attached to an aromatic ring is 1. The first kappa shape index (κ1) is 15.3. The lowest BCUT2D eigenvalue weighted by molar-refractivity contribution is 0.102. The molecule has 1 saturated carbocycles. The van der Waals surface area contributed by atoms with E-state index >= 15 is 0 Å². The number of carbonyl (C=O) groups excluding carboxylic acids is 1. The third-order valence-corrected chi connectivity index (χ3v) is 5.71. The Morgan fingerprint density at radius 3 is 2.96 bits per heavy atom. The number of carbonyl (C=O) groups is 1. The van der Waals surface area contributed by atoms with Gasteiger partial charge in [-0.1, -0.05) is 6.07 Å². The van der Waals surface area contributed by atoms with Crippen molar-refractivity contribution in [2.24, 2.45) is 0 Å². The predicted octanol–water partition coefficient (Wildman–Crippen LogP) is 3.59. The van der Waals surface area contributed by atoms with E-state index in [1.54, 1.807) is 6.33 Å². The molecule has 1 aliphatic rings. The quantitative estimate of drug-likeness (QED) is 0.477. The van der Waals surface area contributed by atoms with Gasteiger partial charge in [0.15, 0.2) is 5.78 Å². The van der Waals surface area contributed by atoms with Crippen molar-refractivity contribution in [2.75, 3.05) is 11.1 Å². The third-order valence-electron chi connectivity index (χ3n) is 4.51. The average molecular weight is 364 g/mol. The smallest absolute Gasteiger partial charge is 0.224 e. The second kappa shape index (κ2) is 5.50. The molecule has 0 saturated heterocycles. The van der Waals surface area contributed by atoms with Gasteiger partial charge in [0.2, 0.25) is 5.95 Å². The standard InChI is InChI=1S/C18H16N6OS/c1-8(25)16-14(19)13-15(9-2-5-11-12(6-9)21-7-20-11)23-18(22-10-3-4-10)24-17(13)26-16/h2,5-7,10H,3-4,19H2,1H3,(H,20,21)(H,22,23,24). The second-order valence-corrected chi connectivity index (χ2v) is 7.53. The number of Topliss-reactive ketones (excluding diaryl/α,β-unsaturated/α-hetero) is 1. The Balaban J connectivity index is 1.78. The lowest BCUT2D eigenvalue weighted by Gasteiger charge is -2.08. The number of anilines is 2. The first-order valence-electron chi connectivity index (χ1n) is 8.41. The van der Waals surface area contributed by atoms with Crippen LogP contribution in [0.5, 0.6) is 0 Å². The molecule has 0 amide bonds. The molecule has 1 aliphatic carbocycles. The van der Waals surface area contributed by atoms with E-state index in [-0.39, 0.29) is 5.78 Å². The van der Waals surface area contributed by atoms with Gasteiger partial charge < -0.3 is 16.0 Å². The minimum absolute atomic E-state index is 0.0582. The number of rotatable bonds is 4. The monoisotopic (exact) mass is 364 g/mol. The molecule has 0 aliphatic heterocycles. The van der Waals surface area contributed by atoms with Gasteiger partial charge in [-0.25, -0.2) is 15.0 Å². The first-order chi connectivity index (χ1) is 12.6. The maximum absolute atomic E-state index is 11.9. The van der Waals surface area contributed by atoms with Crippen molar-refractivity contribution in [3.05, 3.63) is 29.4 Å². The maximum Gasteiger partial charge on any atom is 0.224 e. The Kier molecular flexibility index (Phi) is 3.23. The number of aromatic amines is 1. The van der Waals surface area contributed by atoms with E-state index in [1.165, 1.54) is 18.3 Å². The molecule has 1 aromatic carbocycles. The highest BCUT2D eigenvalue weighted by molar-refractivity contribution is 7.21. The van der Waals surface area contributed by atoms with Gasteiger partial charge in [0.05, 0.1) is 39.0 Å². The molecular formula is C18H16N6OS. The summed E-state index contributed by atoms with van der Waals surface area (Å²) in [5.41, 5.74) is 10.2. The van der Waals surface area contributed by atoms with E-state index in [9.17, 15) is 4.79 Å². The Hall–Kier alpha value is -3.00. The highest BCUT2D eigenvalue weighted by atomic mass is 32.1. The van der Waals surface area contributed by atoms with Crippen molar-refractivity contribution in [1.29, 1.82) is 0 Å². The van der Waals surface area contributed by atoms with Crippen LogP contribution in [0.1, 0.15) is 29.4 Å². The molecule has 0 atom stereocenters. The number of H-pyrrole nitrogens is 1. The topological polar surface area (TPSA) is 110 Å². The van der Waals surface area contributed by atoms with Crippen molar-refractivity contribution in [2.45, 2.75) is 25.8 Å². The van der Waals surface area contributed by atoms with Crippen LogP contribution in [-0.2, 0) is 0 Å². The molecule has 3 heterocycles. The van der Waals surface area contributed by atoms with Crippen molar-refractivity contribution in [1.82, 2.24) is 19.9 Å². The lowest BCUT2D eigenvalue weighted by atomic mass is 10.1. The molecule has 3 aromatic heterocycles. The largest absolute Gasteiger partial charge is 0.397 e. The van der Waals surface area contributed by atoms with E-state index in [0.717, 1.165) is 45.3 Å². The molecule has 0 unspecified atom stereocenters. The summed E-state index contributed by atoms with van der Waals surface area (Å²) in [6.45, 7) is 1.52. The van der Waals surface area contributed by atoms with E-state index < -0.39 is 0 Å². The summed E-state index contributed by atoms with van der Waals surface area (Å²) in [4.78, 5) is 29.9. The van der Waals surface area contributed by atoms with E-state index in [1.807, 2.05) is 18.2 Å². The first-order valence-corrected chi connectivity index (χ1v) is 9.23. The van der Waals surface area contributed by atoms with Crippen LogP contribution in [0.25, 0.3) is 32.5 Å². The number of fused-ring (bicyclic) bond motifs is 2. The summed E-state index contributed by atoms with van der Waals surface area (Å²) in [6.07, 6.45) is 3.92. The van der Waals surface area contributed by atoms with Gasteiger partial charge in [-0.3, -0.25) is 4.79 Å². The van der Waals surface area contributed by atoms with Crippen LogP contribution in [0, 0.1) is 0 Å². The third kappa shape index (κ3) is 2.41. The summed E-state index contributed by atoms with van der Waals surface area (Å²) in [5.74, 6) is 0.522. The fourth-order valence-corrected chi connectivity index (χ4v) is 4.04. The Bertz CT molecular complexity index is 1170. The van der Waals surface area contributed by atoms with Crippen LogP contribution < -0.4 is 11.1 Å². The number of nitrogens with zero attached hydrogens (tertiary/aromatic N) is 3. The number of imidazole rings is 1. The molecule has 26 heavy (non-hydrogen) atoms.